The van der Waals surface area contributed by atoms with Crippen molar-refractivity contribution < 1.29 is 19.0 Å². The average Bonchev–Trinajstić information content (AvgIpc) is 3.40. The van der Waals surface area contributed by atoms with Crippen LogP contribution in [0.1, 0.15) is 27.6 Å². The van der Waals surface area contributed by atoms with E-state index in [0.29, 0.717) is 29.4 Å². The van der Waals surface area contributed by atoms with Gasteiger partial charge in [0.1, 0.15) is 35.3 Å². The first-order valence-corrected chi connectivity index (χ1v) is 12.2. The van der Waals surface area contributed by atoms with Gasteiger partial charge in [-0.2, -0.15) is 0 Å². The molecule has 188 valence electrons. The van der Waals surface area contributed by atoms with E-state index in [2.05, 4.69) is 9.47 Å². The van der Waals surface area contributed by atoms with Gasteiger partial charge >= 0.3 is 5.97 Å². The van der Waals surface area contributed by atoms with E-state index < -0.39 is 11.8 Å². The van der Waals surface area contributed by atoms with Gasteiger partial charge in [-0.05, 0) is 42.5 Å². The Labute approximate surface area is 216 Å². The number of aromatic carboxylic acids is 1. The fourth-order valence-corrected chi connectivity index (χ4v) is 4.98. The molecule has 8 nitrogen and oxygen atoms in total. The van der Waals surface area contributed by atoms with E-state index in [0.717, 1.165) is 46.8 Å². The number of aryl methyl sites for hydroxylation is 1. The number of carboxylic acid groups (broad SMARTS) is 1. The van der Waals surface area contributed by atoms with E-state index in [1.165, 1.54) is 6.07 Å². The van der Waals surface area contributed by atoms with E-state index >= 15 is 0 Å². The third-order valence-electron chi connectivity index (χ3n) is 6.81. The monoisotopic (exact) mass is 519 g/mol. The first-order valence-electron chi connectivity index (χ1n) is 11.8. The number of halogens is 2. The zero-order valence-electron chi connectivity index (χ0n) is 20.0. The van der Waals surface area contributed by atoms with Crippen molar-refractivity contribution in [1.82, 2.24) is 24.0 Å². The second-order valence-electron chi connectivity index (χ2n) is 9.13. The highest BCUT2D eigenvalue weighted by molar-refractivity contribution is 6.30. The van der Waals surface area contributed by atoms with Gasteiger partial charge in [0.05, 0.1) is 35.2 Å². The number of para-hydroxylation sites is 1. The molecule has 0 fully saturated rings. The van der Waals surface area contributed by atoms with E-state index in [4.69, 9.17) is 26.3 Å². The smallest absolute Gasteiger partial charge is 0.335 e. The van der Waals surface area contributed by atoms with Crippen LogP contribution in [0.5, 0.6) is 5.75 Å². The van der Waals surface area contributed by atoms with Crippen LogP contribution in [0.3, 0.4) is 0 Å². The minimum atomic E-state index is -0.957. The largest absolute Gasteiger partial charge is 0.486 e. The Hall–Kier alpha value is -3.95. The molecule has 1 aliphatic heterocycles. The van der Waals surface area contributed by atoms with Crippen molar-refractivity contribution >= 4 is 39.6 Å². The molecule has 3 aromatic carbocycles. The van der Waals surface area contributed by atoms with Gasteiger partial charge in [0.25, 0.3) is 0 Å². The molecule has 37 heavy (non-hydrogen) atoms. The number of ether oxygens (including phenoxy) is 1. The minimum absolute atomic E-state index is 0.0761. The van der Waals surface area contributed by atoms with Crippen LogP contribution in [0.25, 0.3) is 22.1 Å². The molecule has 0 saturated carbocycles. The number of rotatable bonds is 6. The van der Waals surface area contributed by atoms with Crippen molar-refractivity contribution in [3.8, 4) is 5.75 Å². The van der Waals surface area contributed by atoms with Crippen LogP contribution >= 0.6 is 11.6 Å². The SMILES string of the molecule is Cn1c(CN2CCn3c(nc4c(OCc5ccc(Cl)cc5F)cccc43)C2)nc2ccc(C(=O)O)cc21. The molecular weight excluding hydrogens is 497 g/mol. The van der Waals surface area contributed by atoms with Crippen molar-refractivity contribution in [1.29, 1.82) is 0 Å². The lowest BCUT2D eigenvalue weighted by molar-refractivity contribution is 0.0697. The van der Waals surface area contributed by atoms with Gasteiger partial charge in [0, 0.05) is 30.7 Å². The number of fused-ring (bicyclic) bond motifs is 4. The Morgan fingerprint density at radius 3 is 2.78 bits per heavy atom. The summed E-state index contributed by atoms with van der Waals surface area (Å²) < 4.78 is 24.3. The molecule has 1 aliphatic rings. The molecular formula is C27H23ClFN5O3. The Kier molecular flexibility index (Phi) is 5.81. The number of nitrogens with zero attached hydrogens (tertiary/aromatic N) is 5. The molecule has 2 aromatic heterocycles. The number of benzene rings is 3. The predicted octanol–water partition coefficient (Wildman–Crippen LogP) is 5.01. The Morgan fingerprint density at radius 2 is 1.97 bits per heavy atom. The van der Waals surface area contributed by atoms with Crippen LogP contribution in [0.2, 0.25) is 5.02 Å². The Bertz CT molecular complexity index is 1680. The predicted molar refractivity (Wildman–Crippen MR) is 137 cm³/mol. The number of hydrogen-bond donors (Lipinski definition) is 1. The summed E-state index contributed by atoms with van der Waals surface area (Å²) in [6.07, 6.45) is 0. The van der Waals surface area contributed by atoms with Crippen LogP contribution in [0.15, 0.2) is 54.6 Å². The Balaban J connectivity index is 1.23. The molecule has 0 aliphatic carbocycles. The summed E-state index contributed by atoms with van der Waals surface area (Å²) in [5.74, 6) is 1.02. The van der Waals surface area contributed by atoms with Gasteiger partial charge in [-0.3, -0.25) is 4.90 Å². The standard InChI is InChI=1S/C27H23ClFN5O3/c1-32-22-11-16(27(35)36)6-8-20(22)30-24(32)13-33-9-10-34-21-3-2-4-23(26(21)31-25(34)14-33)37-15-17-5-7-18(28)12-19(17)29/h2-8,11-12H,9-10,13-15H2,1H3,(H,35,36). The lowest BCUT2D eigenvalue weighted by Gasteiger charge is -2.27. The highest BCUT2D eigenvalue weighted by atomic mass is 35.5. The number of aromatic nitrogens is 4. The third-order valence-corrected chi connectivity index (χ3v) is 7.04. The Morgan fingerprint density at radius 1 is 1.11 bits per heavy atom. The van der Waals surface area contributed by atoms with E-state index in [9.17, 15) is 14.3 Å². The lowest BCUT2D eigenvalue weighted by Crippen LogP contribution is -2.34. The van der Waals surface area contributed by atoms with Gasteiger partial charge in [0.15, 0.2) is 0 Å². The summed E-state index contributed by atoms with van der Waals surface area (Å²) in [5, 5.41) is 9.66. The van der Waals surface area contributed by atoms with Crippen molar-refractivity contribution in [2.24, 2.45) is 7.05 Å². The number of hydrogen-bond acceptors (Lipinski definition) is 5. The fraction of sp³-hybridized carbons (Fsp3) is 0.222. The summed E-state index contributed by atoms with van der Waals surface area (Å²) >= 11 is 5.86. The topological polar surface area (TPSA) is 85.4 Å². The van der Waals surface area contributed by atoms with E-state index in [1.54, 1.807) is 30.3 Å². The summed E-state index contributed by atoms with van der Waals surface area (Å²) in [4.78, 5) is 23.2. The van der Waals surface area contributed by atoms with Gasteiger partial charge in [-0.1, -0.05) is 23.7 Å². The molecule has 0 spiro atoms. The van der Waals surface area contributed by atoms with Crippen molar-refractivity contribution in [2.75, 3.05) is 6.54 Å². The molecule has 10 heteroatoms. The molecule has 1 N–H and O–H groups in total. The zero-order chi connectivity index (χ0) is 25.7. The zero-order valence-corrected chi connectivity index (χ0v) is 20.7. The number of imidazole rings is 2. The molecule has 0 atom stereocenters. The number of carbonyl (C=O) groups is 1. The van der Waals surface area contributed by atoms with Crippen molar-refractivity contribution in [2.45, 2.75) is 26.2 Å². The third kappa shape index (κ3) is 4.30. The fourth-order valence-electron chi connectivity index (χ4n) is 4.82. The second-order valence-corrected chi connectivity index (χ2v) is 9.57. The molecule has 6 rings (SSSR count). The molecule has 3 heterocycles. The highest BCUT2D eigenvalue weighted by Crippen LogP contribution is 2.30. The number of carboxylic acids is 1. The molecule has 0 bridgehead atoms. The van der Waals surface area contributed by atoms with Crippen molar-refractivity contribution in [3.05, 3.63) is 88.2 Å². The van der Waals surface area contributed by atoms with E-state index in [-0.39, 0.29) is 12.2 Å². The summed E-state index contributed by atoms with van der Waals surface area (Å²) in [5.41, 5.74) is 3.95. The van der Waals surface area contributed by atoms with Crippen LogP contribution in [0, 0.1) is 5.82 Å². The maximum atomic E-state index is 14.2. The van der Waals surface area contributed by atoms with Crippen LogP contribution in [-0.2, 0) is 33.3 Å². The average molecular weight is 520 g/mol. The summed E-state index contributed by atoms with van der Waals surface area (Å²) in [6.45, 7) is 2.88. The first kappa shape index (κ1) is 23.4. The second kappa shape index (κ2) is 9.17. The summed E-state index contributed by atoms with van der Waals surface area (Å²) in [7, 11) is 1.91. The first-order chi connectivity index (χ1) is 17.9. The van der Waals surface area contributed by atoms with Crippen LogP contribution in [-0.4, -0.2) is 41.6 Å². The van der Waals surface area contributed by atoms with Crippen LogP contribution < -0.4 is 4.74 Å². The lowest BCUT2D eigenvalue weighted by atomic mass is 10.2. The molecule has 0 amide bonds. The minimum Gasteiger partial charge on any atom is -0.486 e. The quantitative estimate of drug-likeness (QED) is 0.339. The molecule has 0 saturated heterocycles. The van der Waals surface area contributed by atoms with Crippen molar-refractivity contribution in [3.63, 3.8) is 0 Å². The highest BCUT2D eigenvalue weighted by Gasteiger charge is 2.23. The van der Waals surface area contributed by atoms with Crippen LogP contribution in [0.4, 0.5) is 4.39 Å². The molecule has 0 radical (unpaired) electrons. The van der Waals surface area contributed by atoms with E-state index in [1.807, 2.05) is 29.8 Å². The van der Waals surface area contributed by atoms with Gasteiger partial charge in [-0.15, -0.1) is 0 Å². The summed E-state index contributed by atoms with van der Waals surface area (Å²) in [6, 6.07) is 15.3. The van der Waals surface area contributed by atoms with Gasteiger partial charge in [0.2, 0.25) is 0 Å². The normalized spacial score (nSPS) is 13.8. The molecule has 5 aromatic rings. The maximum Gasteiger partial charge on any atom is 0.335 e. The van der Waals surface area contributed by atoms with Gasteiger partial charge in [-0.25, -0.2) is 19.2 Å². The maximum absolute atomic E-state index is 14.2. The van der Waals surface area contributed by atoms with Gasteiger partial charge < -0.3 is 19.0 Å². The molecule has 0 unspecified atom stereocenters.